The molecule has 6 nitrogen and oxygen atoms in total. The van der Waals surface area contributed by atoms with Crippen LogP contribution in [0.5, 0.6) is 0 Å². The van der Waals surface area contributed by atoms with Crippen molar-refractivity contribution in [3.63, 3.8) is 0 Å². The van der Waals surface area contributed by atoms with Gasteiger partial charge in [-0.25, -0.2) is 14.8 Å². The average molecular weight is 381 g/mol. The molecule has 1 aliphatic rings. The fourth-order valence-electron chi connectivity index (χ4n) is 3.55. The number of aryl methyl sites for hydroxylation is 1. The van der Waals surface area contributed by atoms with Gasteiger partial charge < -0.3 is 10.0 Å². The van der Waals surface area contributed by atoms with Gasteiger partial charge in [-0.2, -0.15) is 0 Å². The van der Waals surface area contributed by atoms with Crippen molar-refractivity contribution >= 4 is 11.9 Å². The summed E-state index contributed by atoms with van der Waals surface area (Å²) in [6.07, 6.45) is 1.67. The molecule has 0 bridgehead atoms. The molecule has 1 aliphatic heterocycles. The predicted molar refractivity (Wildman–Crippen MR) is 107 cm³/mol. The lowest BCUT2D eigenvalue weighted by Crippen LogP contribution is -2.43. The maximum Gasteiger partial charge on any atom is 0.335 e. The average Bonchev–Trinajstić information content (AvgIpc) is 2.66. The molecule has 0 radical (unpaired) electrons. The quantitative estimate of drug-likeness (QED) is 0.872. The Hall–Kier alpha value is -2.76. The number of carbonyl (C=O) groups is 2. The molecule has 1 fully saturated rings. The molecule has 1 amide bonds. The molecule has 1 N–H and O–H groups in total. The number of hydrogen-bond donors (Lipinski definition) is 1. The first-order chi connectivity index (χ1) is 13.1. The number of aromatic nitrogens is 2. The maximum atomic E-state index is 12.5. The van der Waals surface area contributed by atoms with Crippen molar-refractivity contribution in [2.24, 2.45) is 5.41 Å². The highest BCUT2D eigenvalue weighted by molar-refractivity contribution is 5.89. The Morgan fingerprint density at radius 3 is 2.39 bits per heavy atom. The maximum absolute atomic E-state index is 12.5. The van der Waals surface area contributed by atoms with Crippen molar-refractivity contribution in [2.75, 3.05) is 13.1 Å². The third-order valence-electron chi connectivity index (χ3n) is 5.07. The van der Waals surface area contributed by atoms with Crippen molar-refractivity contribution in [3.8, 4) is 11.3 Å². The molecule has 0 saturated carbocycles. The zero-order chi connectivity index (χ0) is 20.5. The number of amides is 1. The first-order valence-electron chi connectivity index (χ1n) is 9.64. The normalized spacial score (nSPS) is 15.5. The summed E-state index contributed by atoms with van der Waals surface area (Å²) in [7, 11) is 0. The second kappa shape index (κ2) is 7.70. The number of aromatic carboxylic acids is 1. The Bertz CT molecular complexity index is 894. The van der Waals surface area contributed by atoms with E-state index in [9.17, 15) is 14.7 Å². The standard InChI is InChI=1S/C22H27N3O3/c1-14-12-18(16-6-5-7-17(13-16)20(26)27)24-19(23-14)15-8-10-25(11-9-15)21(28)22(2,3)4/h5-7,12-13,15H,8-11H2,1-4H3,(H,26,27). The second-order valence-electron chi connectivity index (χ2n) is 8.46. The first kappa shape index (κ1) is 20.0. The van der Waals surface area contributed by atoms with E-state index < -0.39 is 5.97 Å². The summed E-state index contributed by atoms with van der Waals surface area (Å²) in [5.74, 6) is 0.204. The van der Waals surface area contributed by atoms with E-state index in [0.717, 1.165) is 35.6 Å². The monoisotopic (exact) mass is 381 g/mol. The minimum Gasteiger partial charge on any atom is -0.478 e. The molecule has 1 aromatic heterocycles. The van der Waals surface area contributed by atoms with Crippen LogP contribution >= 0.6 is 0 Å². The third kappa shape index (κ3) is 4.38. The zero-order valence-corrected chi connectivity index (χ0v) is 16.9. The fourth-order valence-corrected chi connectivity index (χ4v) is 3.55. The molecule has 1 saturated heterocycles. The van der Waals surface area contributed by atoms with E-state index >= 15 is 0 Å². The number of carbonyl (C=O) groups excluding carboxylic acids is 1. The first-order valence-corrected chi connectivity index (χ1v) is 9.64. The number of carboxylic acid groups (broad SMARTS) is 1. The van der Waals surface area contributed by atoms with Gasteiger partial charge in [0.15, 0.2) is 0 Å². The summed E-state index contributed by atoms with van der Waals surface area (Å²) in [6.45, 7) is 9.19. The van der Waals surface area contributed by atoms with Crippen LogP contribution in [0.25, 0.3) is 11.3 Å². The molecular weight excluding hydrogens is 354 g/mol. The van der Waals surface area contributed by atoms with E-state index in [0.29, 0.717) is 13.1 Å². The number of nitrogens with zero attached hydrogens (tertiary/aromatic N) is 3. The van der Waals surface area contributed by atoms with Crippen molar-refractivity contribution in [2.45, 2.75) is 46.5 Å². The number of rotatable bonds is 3. The Kier molecular flexibility index (Phi) is 5.49. The van der Waals surface area contributed by atoms with Crippen LogP contribution in [0.2, 0.25) is 0 Å². The van der Waals surface area contributed by atoms with E-state index in [4.69, 9.17) is 4.98 Å². The Morgan fingerprint density at radius 2 is 1.79 bits per heavy atom. The van der Waals surface area contributed by atoms with Gasteiger partial charge in [-0.05, 0) is 38.0 Å². The molecule has 148 valence electrons. The van der Waals surface area contributed by atoms with Crippen molar-refractivity contribution in [3.05, 3.63) is 47.4 Å². The SMILES string of the molecule is Cc1cc(-c2cccc(C(=O)O)c2)nc(C2CCN(C(=O)C(C)(C)C)CC2)n1. The molecule has 3 rings (SSSR count). The van der Waals surface area contributed by atoms with Gasteiger partial charge in [0.2, 0.25) is 5.91 Å². The Labute approximate surface area is 165 Å². The van der Waals surface area contributed by atoms with E-state index in [-0.39, 0.29) is 22.8 Å². The summed E-state index contributed by atoms with van der Waals surface area (Å²) in [5.41, 5.74) is 2.23. The minimum absolute atomic E-state index is 0.183. The number of hydrogen-bond acceptors (Lipinski definition) is 4. The highest BCUT2D eigenvalue weighted by Gasteiger charge is 2.31. The smallest absolute Gasteiger partial charge is 0.335 e. The minimum atomic E-state index is -0.955. The molecular formula is C22H27N3O3. The van der Waals surface area contributed by atoms with Gasteiger partial charge in [0.25, 0.3) is 0 Å². The van der Waals surface area contributed by atoms with Crippen LogP contribution in [0, 0.1) is 12.3 Å². The van der Waals surface area contributed by atoms with Crippen LogP contribution in [0.4, 0.5) is 0 Å². The van der Waals surface area contributed by atoms with E-state index in [1.807, 2.05) is 44.7 Å². The fraction of sp³-hybridized carbons (Fsp3) is 0.455. The Morgan fingerprint density at radius 1 is 1.11 bits per heavy atom. The van der Waals surface area contributed by atoms with Crippen molar-refractivity contribution < 1.29 is 14.7 Å². The number of benzene rings is 1. The molecule has 0 atom stereocenters. The van der Waals surface area contributed by atoms with Crippen molar-refractivity contribution in [1.82, 2.24) is 14.9 Å². The van der Waals surface area contributed by atoms with Crippen LogP contribution < -0.4 is 0 Å². The van der Waals surface area contributed by atoms with Gasteiger partial charge in [-0.1, -0.05) is 32.9 Å². The summed E-state index contributed by atoms with van der Waals surface area (Å²) in [5, 5.41) is 9.23. The number of carboxylic acids is 1. The van der Waals surface area contributed by atoms with E-state index in [1.165, 1.54) is 0 Å². The molecule has 2 heterocycles. The third-order valence-corrected chi connectivity index (χ3v) is 5.07. The van der Waals surface area contributed by atoms with Gasteiger partial charge in [-0.3, -0.25) is 4.79 Å². The molecule has 0 spiro atoms. The van der Waals surface area contributed by atoms with Gasteiger partial charge in [-0.15, -0.1) is 0 Å². The zero-order valence-electron chi connectivity index (χ0n) is 16.9. The van der Waals surface area contributed by atoms with Gasteiger partial charge >= 0.3 is 5.97 Å². The van der Waals surface area contributed by atoms with E-state index in [1.54, 1.807) is 18.2 Å². The molecule has 0 unspecified atom stereocenters. The lowest BCUT2D eigenvalue weighted by Gasteiger charge is -2.35. The van der Waals surface area contributed by atoms with Crippen LogP contribution in [0.3, 0.4) is 0 Å². The summed E-state index contributed by atoms with van der Waals surface area (Å²) in [6, 6.07) is 8.68. The Balaban J connectivity index is 1.81. The lowest BCUT2D eigenvalue weighted by molar-refractivity contribution is -0.140. The van der Waals surface area contributed by atoms with Gasteiger partial charge in [0.05, 0.1) is 11.3 Å². The van der Waals surface area contributed by atoms with Crippen LogP contribution in [-0.4, -0.2) is 44.9 Å². The molecule has 28 heavy (non-hydrogen) atoms. The number of likely N-dealkylation sites (tertiary alicyclic amines) is 1. The molecule has 0 aliphatic carbocycles. The van der Waals surface area contributed by atoms with Crippen LogP contribution in [0.15, 0.2) is 30.3 Å². The van der Waals surface area contributed by atoms with E-state index in [2.05, 4.69) is 4.98 Å². The predicted octanol–water partition coefficient (Wildman–Crippen LogP) is 3.90. The highest BCUT2D eigenvalue weighted by atomic mass is 16.4. The largest absolute Gasteiger partial charge is 0.478 e. The summed E-state index contributed by atoms with van der Waals surface area (Å²) < 4.78 is 0. The molecule has 6 heteroatoms. The van der Waals surface area contributed by atoms with Crippen molar-refractivity contribution in [1.29, 1.82) is 0 Å². The van der Waals surface area contributed by atoms with Gasteiger partial charge in [0.1, 0.15) is 5.82 Å². The van der Waals surface area contributed by atoms with Crippen LogP contribution in [0.1, 0.15) is 61.4 Å². The second-order valence-corrected chi connectivity index (χ2v) is 8.46. The molecule has 2 aromatic rings. The molecule has 1 aromatic carbocycles. The summed E-state index contributed by atoms with van der Waals surface area (Å²) in [4.78, 5) is 35.0. The highest BCUT2D eigenvalue weighted by Crippen LogP contribution is 2.30. The lowest BCUT2D eigenvalue weighted by atomic mass is 9.90. The topological polar surface area (TPSA) is 83.4 Å². The van der Waals surface area contributed by atoms with Gasteiger partial charge in [0, 0.05) is 35.7 Å². The number of piperidine rings is 1. The van der Waals surface area contributed by atoms with Crippen LogP contribution in [-0.2, 0) is 4.79 Å². The summed E-state index contributed by atoms with van der Waals surface area (Å²) >= 11 is 0.